The fraction of sp³-hybridized carbons (Fsp3) is 0.667. The number of aromatic nitrogens is 1. The van der Waals surface area contributed by atoms with Crippen LogP contribution in [0.3, 0.4) is 0 Å². The molecule has 1 aromatic heterocycles. The van der Waals surface area contributed by atoms with Crippen molar-refractivity contribution in [1.82, 2.24) is 9.88 Å². The molecule has 1 aliphatic carbocycles. The summed E-state index contributed by atoms with van der Waals surface area (Å²) in [6.07, 6.45) is 8.08. The van der Waals surface area contributed by atoms with Gasteiger partial charge in [-0.05, 0) is 12.8 Å². The molecule has 0 unspecified atom stereocenters. The second-order valence-corrected chi connectivity index (χ2v) is 6.50. The molecule has 0 N–H and O–H groups in total. The first-order valence-electron chi connectivity index (χ1n) is 7.94. The van der Waals surface area contributed by atoms with E-state index in [0.717, 1.165) is 26.2 Å². The molecule has 0 bridgehead atoms. The molecule has 6 nitrogen and oxygen atoms in total. The van der Waals surface area contributed by atoms with Gasteiger partial charge in [0.2, 0.25) is 5.82 Å². The Bertz CT molecular complexity index is 540. The summed E-state index contributed by atoms with van der Waals surface area (Å²) in [5, 5.41) is 11.5. The molecule has 1 saturated heterocycles. The lowest BCUT2D eigenvalue weighted by Crippen LogP contribution is -2.51. The Balaban J connectivity index is 1.67. The second kappa shape index (κ2) is 6.79. The zero-order valence-electron chi connectivity index (χ0n) is 12.6. The highest BCUT2D eigenvalue weighted by atomic mass is 35.5. The summed E-state index contributed by atoms with van der Waals surface area (Å²) in [5.74, 6) is 0.442. The minimum atomic E-state index is -0.401. The molecule has 2 heterocycles. The summed E-state index contributed by atoms with van der Waals surface area (Å²) in [5.41, 5.74) is -0.00128. The number of nitrogens with zero attached hydrogens (tertiary/aromatic N) is 4. The van der Waals surface area contributed by atoms with E-state index in [9.17, 15) is 10.1 Å². The van der Waals surface area contributed by atoms with Crippen LogP contribution in [0, 0.1) is 10.1 Å². The molecular weight excluding hydrogens is 304 g/mol. The fourth-order valence-corrected chi connectivity index (χ4v) is 3.70. The molecule has 7 heteroatoms. The number of anilines is 1. The van der Waals surface area contributed by atoms with Crippen molar-refractivity contribution in [1.29, 1.82) is 0 Å². The molecule has 3 rings (SSSR count). The van der Waals surface area contributed by atoms with Gasteiger partial charge >= 0.3 is 5.69 Å². The largest absolute Gasteiger partial charge is 0.348 e. The number of hydrogen-bond donors (Lipinski definition) is 0. The number of rotatable bonds is 3. The van der Waals surface area contributed by atoms with Gasteiger partial charge in [-0.2, -0.15) is 0 Å². The van der Waals surface area contributed by atoms with Crippen LogP contribution in [0.5, 0.6) is 0 Å². The van der Waals surface area contributed by atoms with Gasteiger partial charge in [0.1, 0.15) is 0 Å². The molecule has 0 atom stereocenters. The summed E-state index contributed by atoms with van der Waals surface area (Å²) in [6, 6.07) is 2.08. The van der Waals surface area contributed by atoms with Crippen LogP contribution in [0.15, 0.2) is 12.3 Å². The molecule has 2 fully saturated rings. The van der Waals surface area contributed by atoms with Gasteiger partial charge in [-0.15, -0.1) is 0 Å². The minimum Gasteiger partial charge on any atom is -0.348 e. The Labute approximate surface area is 135 Å². The molecular formula is C15H21ClN4O2. The Morgan fingerprint density at radius 3 is 2.50 bits per heavy atom. The Hall–Kier alpha value is -1.40. The molecule has 2 aliphatic rings. The SMILES string of the molecule is O=[N+]([O-])c1cc(Cl)cnc1N1CCN(C2CCCCC2)CC1. The fourth-order valence-electron chi connectivity index (χ4n) is 3.54. The van der Waals surface area contributed by atoms with E-state index < -0.39 is 4.92 Å². The first-order chi connectivity index (χ1) is 10.6. The van der Waals surface area contributed by atoms with Crippen LogP contribution in [0.25, 0.3) is 0 Å². The highest BCUT2D eigenvalue weighted by molar-refractivity contribution is 6.30. The third-order valence-electron chi connectivity index (χ3n) is 4.72. The van der Waals surface area contributed by atoms with E-state index in [1.807, 2.05) is 4.90 Å². The van der Waals surface area contributed by atoms with E-state index in [0.29, 0.717) is 16.9 Å². The van der Waals surface area contributed by atoms with Gasteiger partial charge in [-0.25, -0.2) is 4.98 Å². The molecule has 1 aliphatic heterocycles. The minimum absolute atomic E-state index is 0.00128. The average molecular weight is 325 g/mol. The maximum absolute atomic E-state index is 11.2. The Morgan fingerprint density at radius 1 is 1.18 bits per heavy atom. The molecule has 22 heavy (non-hydrogen) atoms. The molecule has 0 amide bonds. The van der Waals surface area contributed by atoms with Crippen molar-refractivity contribution in [3.8, 4) is 0 Å². The molecule has 120 valence electrons. The summed E-state index contributed by atoms with van der Waals surface area (Å²) in [4.78, 5) is 19.5. The first-order valence-corrected chi connectivity index (χ1v) is 8.32. The van der Waals surface area contributed by atoms with Gasteiger partial charge in [0.15, 0.2) is 0 Å². The average Bonchev–Trinajstić information content (AvgIpc) is 2.56. The van der Waals surface area contributed by atoms with Crippen LogP contribution in [-0.4, -0.2) is 47.0 Å². The van der Waals surface area contributed by atoms with Crippen LogP contribution < -0.4 is 4.90 Å². The van der Waals surface area contributed by atoms with Gasteiger partial charge in [-0.1, -0.05) is 30.9 Å². The van der Waals surface area contributed by atoms with E-state index in [-0.39, 0.29) is 5.69 Å². The van der Waals surface area contributed by atoms with Crippen molar-refractivity contribution in [2.75, 3.05) is 31.1 Å². The summed E-state index contributed by atoms with van der Waals surface area (Å²) < 4.78 is 0. The van der Waals surface area contributed by atoms with Crippen molar-refractivity contribution in [2.45, 2.75) is 38.1 Å². The maximum Gasteiger partial charge on any atom is 0.313 e. The number of piperazine rings is 1. The molecule has 1 aromatic rings. The normalized spacial score (nSPS) is 21.0. The van der Waals surface area contributed by atoms with Gasteiger partial charge in [0.25, 0.3) is 0 Å². The molecule has 0 radical (unpaired) electrons. The molecule has 1 saturated carbocycles. The van der Waals surface area contributed by atoms with Crippen molar-refractivity contribution in [3.63, 3.8) is 0 Å². The third kappa shape index (κ3) is 3.33. The van der Waals surface area contributed by atoms with Crippen molar-refractivity contribution >= 4 is 23.1 Å². The molecule has 0 aromatic carbocycles. The van der Waals surface area contributed by atoms with Crippen LogP contribution in [0.1, 0.15) is 32.1 Å². The van der Waals surface area contributed by atoms with E-state index >= 15 is 0 Å². The number of pyridine rings is 1. The van der Waals surface area contributed by atoms with Crippen molar-refractivity contribution in [2.24, 2.45) is 0 Å². The van der Waals surface area contributed by atoms with E-state index in [4.69, 9.17) is 11.6 Å². The smallest absolute Gasteiger partial charge is 0.313 e. The van der Waals surface area contributed by atoms with Gasteiger partial charge in [-0.3, -0.25) is 15.0 Å². The van der Waals surface area contributed by atoms with Crippen LogP contribution in [0.4, 0.5) is 11.5 Å². The Morgan fingerprint density at radius 2 is 1.86 bits per heavy atom. The van der Waals surface area contributed by atoms with E-state index in [2.05, 4.69) is 9.88 Å². The van der Waals surface area contributed by atoms with Gasteiger partial charge < -0.3 is 4.90 Å². The summed E-state index contributed by atoms with van der Waals surface area (Å²) in [6.45, 7) is 3.47. The predicted octanol–water partition coefficient (Wildman–Crippen LogP) is 3.10. The van der Waals surface area contributed by atoms with Crippen LogP contribution in [0.2, 0.25) is 5.02 Å². The number of nitro groups is 1. The van der Waals surface area contributed by atoms with Gasteiger partial charge in [0.05, 0.1) is 9.95 Å². The lowest BCUT2D eigenvalue weighted by atomic mass is 9.94. The van der Waals surface area contributed by atoms with E-state index in [1.165, 1.54) is 44.4 Å². The predicted molar refractivity (Wildman–Crippen MR) is 86.6 cm³/mol. The van der Waals surface area contributed by atoms with Crippen molar-refractivity contribution < 1.29 is 4.92 Å². The maximum atomic E-state index is 11.2. The lowest BCUT2D eigenvalue weighted by Gasteiger charge is -2.40. The zero-order chi connectivity index (χ0) is 15.5. The van der Waals surface area contributed by atoms with E-state index in [1.54, 1.807) is 0 Å². The number of hydrogen-bond acceptors (Lipinski definition) is 5. The Kier molecular flexibility index (Phi) is 4.78. The van der Waals surface area contributed by atoms with Crippen LogP contribution in [-0.2, 0) is 0 Å². The van der Waals surface area contributed by atoms with Crippen LogP contribution >= 0.6 is 11.6 Å². The molecule has 0 spiro atoms. The topological polar surface area (TPSA) is 62.5 Å². The summed E-state index contributed by atoms with van der Waals surface area (Å²) >= 11 is 5.83. The lowest BCUT2D eigenvalue weighted by molar-refractivity contribution is -0.384. The second-order valence-electron chi connectivity index (χ2n) is 6.07. The highest BCUT2D eigenvalue weighted by Crippen LogP contribution is 2.30. The highest BCUT2D eigenvalue weighted by Gasteiger charge is 2.28. The third-order valence-corrected chi connectivity index (χ3v) is 4.92. The monoisotopic (exact) mass is 324 g/mol. The number of halogens is 1. The standard InChI is InChI=1S/C15H21ClN4O2/c16-12-10-14(20(21)22)15(17-11-12)19-8-6-18(7-9-19)13-4-2-1-3-5-13/h10-11,13H,1-9H2. The van der Waals surface area contributed by atoms with Crippen molar-refractivity contribution in [3.05, 3.63) is 27.4 Å². The summed E-state index contributed by atoms with van der Waals surface area (Å²) in [7, 11) is 0. The quantitative estimate of drug-likeness (QED) is 0.631. The first kappa shape index (κ1) is 15.5. The zero-order valence-corrected chi connectivity index (χ0v) is 13.3. The van der Waals surface area contributed by atoms with Gasteiger partial charge in [0, 0.05) is 44.5 Å².